The molecule has 0 spiro atoms. The van der Waals surface area contributed by atoms with Crippen molar-refractivity contribution in [1.82, 2.24) is 9.36 Å². The van der Waals surface area contributed by atoms with E-state index in [1.165, 1.54) is 0 Å². The number of rotatable bonds is 5. The molecule has 2 aromatic rings. The topological polar surface area (TPSA) is 53.0 Å². The normalized spacial score (nSPS) is 10.9. The van der Waals surface area contributed by atoms with Crippen molar-refractivity contribution in [1.29, 1.82) is 0 Å². The zero-order chi connectivity index (χ0) is 14.7. The van der Waals surface area contributed by atoms with Crippen LogP contribution in [0.5, 0.6) is 0 Å². The fraction of sp³-hybridized carbons (Fsp3) is 0.400. The molecule has 0 aliphatic carbocycles. The smallest absolute Gasteiger partial charge is 0.290 e. The number of hydrogen-bond donors (Lipinski definition) is 1. The lowest BCUT2D eigenvalue weighted by molar-refractivity contribution is 0.471. The summed E-state index contributed by atoms with van der Waals surface area (Å²) in [6, 6.07) is 7.52. The number of nitrogen functional groups attached to an aromatic ring is 1. The molecule has 1 aromatic carbocycles. The number of anilines is 1. The second-order valence-corrected chi connectivity index (χ2v) is 5.25. The molecular formula is C15H20ClN3O. The molecule has 0 radical (unpaired) electrons. The summed E-state index contributed by atoms with van der Waals surface area (Å²) in [4.78, 5) is 12.3. The first-order valence-corrected chi connectivity index (χ1v) is 7.28. The molecule has 0 saturated heterocycles. The molecule has 0 amide bonds. The Morgan fingerprint density at radius 1 is 1.15 bits per heavy atom. The molecule has 108 valence electrons. The average Bonchev–Trinajstić information content (AvgIpc) is 2.67. The monoisotopic (exact) mass is 293 g/mol. The summed E-state index contributed by atoms with van der Waals surface area (Å²) in [5, 5.41) is 0.693. The third-order valence-corrected chi connectivity index (χ3v) is 3.66. The summed E-state index contributed by atoms with van der Waals surface area (Å²) >= 11 is 5.88. The van der Waals surface area contributed by atoms with Crippen LogP contribution < -0.4 is 11.3 Å². The van der Waals surface area contributed by atoms with E-state index >= 15 is 0 Å². The number of benzene rings is 1. The van der Waals surface area contributed by atoms with E-state index in [4.69, 9.17) is 17.3 Å². The second-order valence-electron chi connectivity index (χ2n) is 4.82. The molecule has 2 N–H and O–H groups in total. The molecule has 4 nitrogen and oxygen atoms in total. The van der Waals surface area contributed by atoms with Crippen LogP contribution in [0, 0.1) is 0 Å². The van der Waals surface area contributed by atoms with E-state index in [0.717, 1.165) is 30.6 Å². The molecular weight excluding hydrogens is 274 g/mol. The van der Waals surface area contributed by atoms with Gasteiger partial charge < -0.3 is 5.73 Å². The molecule has 2 rings (SSSR count). The highest BCUT2D eigenvalue weighted by Gasteiger charge is 2.16. The van der Waals surface area contributed by atoms with Crippen molar-refractivity contribution in [3.05, 3.63) is 50.9 Å². The molecule has 0 fully saturated rings. The van der Waals surface area contributed by atoms with Crippen molar-refractivity contribution in [3.8, 4) is 0 Å². The van der Waals surface area contributed by atoms with Crippen LogP contribution in [-0.2, 0) is 19.5 Å². The number of aromatic nitrogens is 2. The Hall–Kier alpha value is -1.68. The maximum Gasteiger partial charge on any atom is 0.290 e. The third-order valence-electron chi connectivity index (χ3n) is 3.41. The van der Waals surface area contributed by atoms with Crippen LogP contribution >= 0.6 is 11.6 Å². The van der Waals surface area contributed by atoms with Crippen LogP contribution in [0.3, 0.4) is 0 Å². The van der Waals surface area contributed by atoms with Crippen molar-refractivity contribution >= 4 is 17.3 Å². The van der Waals surface area contributed by atoms with Gasteiger partial charge in [0.05, 0.1) is 12.2 Å². The van der Waals surface area contributed by atoms with Crippen molar-refractivity contribution in [2.45, 2.75) is 39.8 Å². The number of nitrogens with zero attached hydrogens (tertiary/aromatic N) is 2. The molecule has 0 aliphatic rings. The van der Waals surface area contributed by atoms with Gasteiger partial charge in [-0.05, 0) is 31.0 Å². The summed E-state index contributed by atoms with van der Waals surface area (Å²) in [6.07, 6.45) is 1.79. The van der Waals surface area contributed by atoms with Crippen molar-refractivity contribution in [3.63, 3.8) is 0 Å². The summed E-state index contributed by atoms with van der Waals surface area (Å²) < 4.78 is 3.69. The molecule has 5 heteroatoms. The summed E-state index contributed by atoms with van der Waals surface area (Å²) in [7, 11) is 0. The van der Waals surface area contributed by atoms with Crippen LogP contribution in [0.1, 0.15) is 31.5 Å². The van der Waals surface area contributed by atoms with Gasteiger partial charge in [0.1, 0.15) is 5.69 Å². The Morgan fingerprint density at radius 3 is 2.35 bits per heavy atom. The summed E-state index contributed by atoms with van der Waals surface area (Å²) in [5.41, 5.74) is 8.21. The van der Waals surface area contributed by atoms with Crippen LogP contribution in [0.15, 0.2) is 29.1 Å². The van der Waals surface area contributed by atoms with Gasteiger partial charge in [0.15, 0.2) is 0 Å². The van der Waals surface area contributed by atoms with Gasteiger partial charge in [-0.15, -0.1) is 0 Å². The Kier molecular flexibility index (Phi) is 4.55. The number of hydrogen-bond acceptors (Lipinski definition) is 2. The van der Waals surface area contributed by atoms with E-state index in [2.05, 4.69) is 6.92 Å². The molecule has 0 saturated carbocycles. The van der Waals surface area contributed by atoms with E-state index in [-0.39, 0.29) is 5.56 Å². The fourth-order valence-corrected chi connectivity index (χ4v) is 2.56. The molecule has 1 aromatic heterocycles. The van der Waals surface area contributed by atoms with Gasteiger partial charge >= 0.3 is 0 Å². The SMILES string of the molecule is CCCc1c(N)c(=O)n(Cc2ccc(Cl)cc2)n1CC. The van der Waals surface area contributed by atoms with Crippen LogP contribution in [0.2, 0.25) is 5.02 Å². The average molecular weight is 294 g/mol. The highest BCUT2D eigenvalue weighted by atomic mass is 35.5. The number of nitrogens with two attached hydrogens (primary N) is 1. The minimum atomic E-state index is -0.106. The Labute approximate surface area is 123 Å². The van der Waals surface area contributed by atoms with Gasteiger partial charge in [0, 0.05) is 11.6 Å². The van der Waals surface area contributed by atoms with Crippen molar-refractivity contribution in [2.24, 2.45) is 0 Å². The highest BCUT2D eigenvalue weighted by molar-refractivity contribution is 6.30. The zero-order valence-electron chi connectivity index (χ0n) is 11.9. The van der Waals surface area contributed by atoms with Crippen molar-refractivity contribution < 1.29 is 0 Å². The lowest BCUT2D eigenvalue weighted by Gasteiger charge is -2.12. The van der Waals surface area contributed by atoms with Crippen LogP contribution in [0.4, 0.5) is 5.69 Å². The molecule has 0 aliphatic heterocycles. The zero-order valence-corrected chi connectivity index (χ0v) is 12.7. The van der Waals surface area contributed by atoms with E-state index in [0.29, 0.717) is 17.3 Å². The highest BCUT2D eigenvalue weighted by Crippen LogP contribution is 2.14. The van der Waals surface area contributed by atoms with Gasteiger partial charge in [0.25, 0.3) is 5.56 Å². The maximum absolute atomic E-state index is 12.3. The first-order valence-electron chi connectivity index (χ1n) is 6.90. The van der Waals surface area contributed by atoms with Crippen LogP contribution in [0.25, 0.3) is 0 Å². The fourth-order valence-electron chi connectivity index (χ4n) is 2.44. The van der Waals surface area contributed by atoms with Gasteiger partial charge in [-0.2, -0.15) is 0 Å². The molecule has 1 heterocycles. The van der Waals surface area contributed by atoms with Gasteiger partial charge in [0.2, 0.25) is 0 Å². The van der Waals surface area contributed by atoms with E-state index in [1.54, 1.807) is 4.68 Å². The molecule has 0 atom stereocenters. The van der Waals surface area contributed by atoms with E-state index in [1.807, 2.05) is 35.9 Å². The first kappa shape index (κ1) is 14.7. The minimum absolute atomic E-state index is 0.106. The largest absolute Gasteiger partial charge is 0.393 e. The Bertz CT molecular complexity index is 640. The van der Waals surface area contributed by atoms with E-state index in [9.17, 15) is 4.79 Å². The molecule has 20 heavy (non-hydrogen) atoms. The minimum Gasteiger partial charge on any atom is -0.393 e. The van der Waals surface area contributed by atoms with Crippen LogP contribution in [-0.4, -0.2) is 9.36 Å². The lowest BCUT2D eigenvalue weighted by Crippen LogP contribution is -2.24. The van der Waals surface area contributed by atoms with Gasteiger partial charge in [-0.25, -0.2) is 4.68 Å². The number of halogens is 1. The quantitative estimate of drug-likeness (QED) is 0.921. The Balaban J connectivity index is 2.43. The summed E-state index contributed by atoms with van der Waals surface area (Å²) in [6.45, 7) is 5.35. The Morgan fingerprint density at radius 2 is 1.80 bits per heavy atom. The van der Waals surface area contributed by atoms with Crippen molar-refractivity contribution in [2.75, 3.05) is 5.73 Å². The lowest BCUT2D eigenvalue weighted by atomic mass is 10.2. The molecule has 0 unspecified atom stereocenters. The predicted molar refractivity (Wildman–Crippen MR) is 83.3 cm³/mol. The standard InChI is InChI=1S/C15H20ClN3O/c1-3-5-13-14(17)15(20)19(18(13)4-2)10-11-6-8-12(16)9-7-11/h6-9H,3-5,10,17H2,1-2H3. The summed E-state index contributed by atoms with van der Waals surface area (Å²) in [5.74, 6) is 0. The second kappa shape index (κ2) is 6.18. The maximum atomic E-state index is 12.3. The van der Waals surface area contributed by atoms with Gasteiger partial charge in [-0.3, -0.25) is 9.48 Å². The van der Waals surface area contributed by atoms with Gasteiger partial charge in [-0.1, -0.05) is 37.1 Å². The predicted octanol–water partition coefficient (Wildman–Crippen LogP) is 2.91. The first-order chi connectivity index (χ1) is 9.58. The molecule has 0 bridgehead atoms. The third kappa shape index (κ3) is 2.75. The van der Waals surface area contributed by atoms with E-state index < -0.39 is 0 Å².